The van der Waals surface area contributed by atoms with Gasteiger partial charge < -0.3 is 10.4 Å². The lowest BCUT2D eigenvalue weighted by atomic mass is 10.1. The Balaban J connectivity index is 2.97. The molecular weight excluding hydrogens is 190 g/mol. The zero-order valence-electron chi connectivity index (χ0n) is 9.16. The van der Waals surface area contributed by atoms with Gasteiger partial charge in [-0.25, -0.2) is 0 Å². The van der Waals surface area contributed by atoms with E-state index in [0.29, 0.717) is 11.3 Å². The van der Waals surface area contributed by atoms with Crippen LogP contribution in [-0.2, 0) is 4.79 Å². The quantitative estimate of drug-likeness (QED) is 0.729. The van der Waals surface area contributed by atoms with Crippen LogP contribution < -0.4 is 5.32 Å². The Morgan fingerprint density at radius 2 is 2.07 bits per heavy atom. The molecule has 1 rings (SSSR count). The van der Waals surface area contributed by atoms with Gasteiger partial charge in [-0.2, -0.15) is 0 Å². The molecule has 0 bridgehead atoms. The number of rotatable bonds is 2. The molecule has 0 unspecified atom stereocenters. The summed E-state index contributed by atoms with van der Waals surface area (Å²) in [4.78, 5) is 11.3. The lowest BCUT2D eigenvalue weighted by Crippen LogP contribution is -2.09. The molecule has 0 saturated carbocycles. The largest absolute Gasteiger partial charge is 0.507 e. The smallest absolute Gasteiger partial charge is 0.248 e. The fourth-order valence-corrected chi connectivity index (χ4v) is 1.30. The van der Waals surface area contributed by atoms with E-state index in [1.807, 2.05) is 6.92 Å². The minimum Gasteiger partial charge on any atom is -0.507 e. The lowest BCUT2D eigenvalue weighted by Gasteiger charge is -2.09. The maximum absolute atomic E-state index is 11.3. The Labute approximate surface area is 89.4 Å². The van der Waals surface area contributed by atoms with Gasteiger partial charge in [-0.1, -0.05) is 12.1 Å². The third-order valence-corrected chi connectivity index (χ3v) is 2.21. The molecule has 0 fully saturated rings. The van der Waals surface area contributed by atoms with Gasteiger partial charge >= 0.3 is 0 Å². The molecule has 0 radical (unpaired) electrons. The number of anilines is 1. The van der Waals surface area contributed by atoms with Gasteiger partial charge in [-0.15, -0.1) is 0 Å². The van der Waals surface area contributed by atoms with E-state index >= 15 is 0 Å². The van der Waals surface area contributed by atoms with Crippen molar-refractivity contribution in [1.82, 2.24) is 0 Å². The maximum atomic E-state index is 11.3. The number of carbonyl (C=O) groups is 1. The van der Waals surface area contributed by atoms with Gasteiger partial charge in [0.25, 0.3) is 0 Å². The SMILES string of the molecule is CC=CC(=O)Nc1ccc(C)c(O)c1C. The fourth-order valence-electron chi connectivity index (χ4n) is 1.30. The van der Waals surface area contributed by atoms with Gasteiger partial charge in [-0.3, -0.25) is 4.79 Å². The maximum Gasteiger partial charge on any atom is 0.248 e. The topological polar surface area (TPSA) is 49.3 Å². The Hall–Kier alpha value is -1.77. The fraction of sp³-hybridized carbons (Fsp3) is 0.250. The van der Waals surface area contributed by atoms with Crippen LogP contribution in [0.3, 0.4) is 0 Å². The molecule has 0 atom stereocenters. The number of aromatic hydroxyl groups is 1. The van der Waals surface area contributed by atoms with Crippen LogP contribution in [0, 0.1) is 13.8 Å². The summed E-state index contributed by atoms with van der Waals surface area (Å²) in [6, 6.07) is 3.55. The van der Waals surface area contributed by atoms with Crippen molar-refractivity contribution < 1.29 is 9.90 Å². The van der Waals surface area contributed by atoms with E-state index in [4.69, 9.17) is 0 Å². The minimum absolute atomic E-state index is 0.191. The van der Waals surface area contributed by atoms with E-state index in [0.717, 1.165) is 5.56 Å². The van der Waals surface area contributed by atoms with E-state index in [1.165, 1.54) is 6.08 Å². The van der Waals surface area contributed by atoms with Crippen LogP contribution in [0.5, 0.6) is 5.75 Å². The molecule has 0 aliphatic heterocycles. The first-order chi connectivity index (χ1) is 7.06. The molecule has 1 aromatic carbocycles. The third-order valence-electron chi connectivity index (χ3n) is 2.21. The van der Waals surface area contributed by atoms with Crippen LogP contribution in [0.4, 0.5) is 5.69 Å². The predicted octanol–water partition coefficient (Wildman–Crippen LogP) is 2.52. The minimum atomic E-state index is -0.191. The molecule has 3 heteroatoms. The normalized spacial score (nSPS) is 10.6. The van der Waals surface area contributed by atoms with E-state index < -0.39 is 0 Å². The number of aryl methyl sites for hydroxylation is 1. The second kappa shape index (κ2) is 4.64. The Morgan fingerprint density at radius 3 is 2.67 bits per heavy atom. The van der Waals surface area contributed by atoms with Crippen molar-refractivity contribution in [2.75, 3.05) is 5.32 Å². The van der Waals surface area contributed by atoms with Crippen LogP contribution in [0.25, 0.3) is 0 Å². The summed E-state index contributed by atoms with van der Waals surface area (Å²) >= 11 is 0. The monoisotopic (exact) mass is 205 g/mol. The highest BCUT2D eigenvalue weighted by atomic mass is 16.3. The van der Waals surface area contributed by atoms with Gasteiger partial charge in [0, 0.05) is 11.3 Å². The third kappa shape index (κ3) is 2.59. The van der Waals surface area contributed by atoms with E-state index in [9.17, 15) is 9.90 Å². The first kappa shape index (κ1) is 11.3. The average molecular weight is 205 g/mol. The lowest BCUT2D eigenvalue weighted by molar-refractivity contribution is -0.111. The van der Waals surface area contributed by atoms with E-state index in [2.05, 4.69) is 5.32 Å². The van der Waals surface area contributed by atoms with Crippen molar-refractivity contribution in [3.63, 3.8) is 0 Å². The van der Waals surface area contributed by atoms with Crippen LogP contribution in [0.1, 0.15) is 18.1 Å². The predicted molar refractivity (Wildman–Crippen MR) is 61.0 cm³/mol. The molecule has 0 spiro atoms. The Kier molecular flexibility index (Phi) is 3.50. The molecule has 0 aromatic heterocycles. The number of allylic oxidation sites excluding steroid dienone is 1. The van der Waals surface area contributed by atoms with Crippen molar-refractivity contribution in [1.29, 1.82) is 0 Å². The van der Waals surface area contributed by atoms with E-state index in [1.54, 1.807) is 32.1 Å². The number of phenolic OH excluding ortho intramolecular Hbond substituents is 1. The summed E-state index contributed by atoms with van der Waals surface area (Å²) in [7, 11) is 0. The molecule has 0 saturated heterocycles. The van der Waals surface area contributed by atoms with Crippen molar-refractivity contribution in [3.8, 4) is 5.75 Å². The van der Waals surface area contributed by atoms with Crippen molar-refractivity contribution in [3.05, 3.63) is 35.4 Å². The average Bonchev–Trinajstić information content (AvgIpc) is 2.20. The number of hydrogen-bond donors (Lipinski definition) is 2. The number of amides is 1. The Bertz CT molecular complexity index is 408. The van der Waals surface area contributed by atoms with Gasteiger partial charge in [0.15, 0.2) is 0 Å². The Morgan fingerprint density at radius 1 is 1.40 bits per heavy atom. The number of hydrogen-bond acceptors (Lipinski definition) is 2. The standard InChI is InChI=1S/C12H15NO2/c1-4-5-11(14)13-10-7-6-8(2)12(15)9(10)3/h4-7,15H,1-3H3,(H,13,14). The zero-order valence-corrected chi connectivity index (χ0v) is 9.16. The van der Waals surface area contributed by atoms with Crippen molar-refractivity contribution in [2.45, 2.75) is 20.8 Å². The van der Waals surface area contributed by atoms with Crippen LogP contribution in [0.15, 0.2) is 24.3 Å². The molecule has 0 aliphatic carbocycles. The van der Waals surface area contributed by atoms with E-state index in [-0.39, 0.29) is 11.7 Å². The van der Waals surface area contributed by atoms with Crippen LogP contribution >= 0.6 is 0 Å². The highest BCUT2D eigenvalue weighted by Gasteiger charge is 2.07. The first-order valence-electron chi connectivity index (χ1n) is 4.79. The molecule has 1 aromatic rings. The highest BCUT2D eigenvalue weighted by Crippen LogP contribution is 2.27. The number of nitrogens with one attached hydrogen (secondary N) is 1. The second-order valence-electron chi connectivity index (χ2n) is 3.39. The summed E-state index contributed by atoms with van der Waals surface area (Å²) in [5.74, 6) is 0.0390. The molecule has 80 valence electrons. The molecule has 15 heavy (non-hydrogen) atoms. The molecular formula is C12H15NO2. The summed E-state index contributed by atoms with van der Waals surface area (Å²) in [6.07, 6.45) is 3.11. The first-order valence-corrected chi connectivity index (χ1v) is 4.79. The number of carbonyl (C=O) groups excluding carboxylic acids is 1. The zero-order chi connectivity index (χ0) is 11.4. The molecule has 2 N–H and O–H groups in total. The van der Waals surface area contributed by atoms with Crippen LogP contribution in [0.2, 0.25) is 0 Å². The number of phenols is 1. The summed E-state index contributed by atoms with van der Waals surface area (Å²) in [5.41, 5.74) is 2.13. The van der Waals surface area contributed by atoms with Gasteiger partial charge in [-0.05, 0) is 38.5 Å². The summed E-state index contributed by atoms with van der Waals surface area (Å²) in [5, 5.41) is 12.4. The van der Waals surface area contributed by atoms with Crippen molar-refractivity contribution in [2.24, 2.45) is 0 Å². The molecule has 3 nitrogen and oxygen atoms in total. The molecule has 1 amide bonds. The summed E-state index contributed by atoms with van der Waals surface area (Å²) in [6.45, 7) is 5.37. The van der Waals surface area contributed by atoms with Crippen LogP contribution in [-0.4, -0.2) is 11.0 Å². The van der Waals surface area contributed by atoms with Gasteiger partial charge in [0.05, 0.1) is 0 Å². The number of benzene rings is 1. The molecule has 0 aliphatic rings. The molecule has 0 heterocycles. The highest BCUT2D eigenvalue weighted by molar-refractivity contribution is 5.99. The van der Waals surface area contributed by atoms with Gasteiger partial charge in [0.1, 0.15) is 5.75 Å². The summed E-state index contributed by atoms with van der Waals surface area (Å²) < 4.78 is 0. The second-order valence-corrected chi connectivity index (χ2v) is 3.39. The van der Waals surface area contributed by atoms with Gasteiger partial charge in [0.2, 0.25) is 5.91 Å². The van der Waals surface area contributed by atoms with Crippen molar-refractivity contribution >= 4 is 11.6 Å².